The Morgan fingerprint density at radius 1 is 0.452 bits per heavy atom. The molecule has 2 saturated heterocycles. The topological polar surface area (TPSA) is 93.2 Å². The summed E-state index contributed by atoms with van der Waals surface area (Å²) >= 11 is 0. The third-order valence-corrected chi connectivity index (χ3v) is 13.3. The number of hydrogen-bond donors (Lipinski definition) is 0. The van der Waals surface area contributed by atoms with Crippen LogP contribution in [0.2, 0.25) is 0 Å². The van der Waals surface area contributed by atoms with Crippen LogP contribution in [-0.2, 0) is 19.1 Å². The molecular weight excluding hydrogens is 773 g/mol. The van der Waals surface area contributed by atoms with Crippen LogP contribution < -0.4 is 0 Å². The molecule has 0 radical (unpaired) electrons. The van der Waals surface area contributed by atoms with E-state index >= 15 is 0 Å². The summed E-state index contributed by atoms with van der Waals surface area (Å²) in [5.74, 6) is -0.116. The van der Waals surface area contributed by atoms with Gasteiger partial charge in [-0.1, -0.05) is 233 Å². The van der Waals surface area contributed by atoms with Crippen molar-refractivity contribution < 1.29 is 28.7 Å². The third-order valence-electron chi connectivity index (χ3n) is 13.3. The SMILES string of the molecule is CCCCCCCCCC/C=C/C[C@@H](CCCCCCC)C(=O)N1C(=O)OC[C@@H]1CC.CCCCCCCCCCCCC[C@@H](CCCCCCC)C(=O)N1C(=O)OC[C@@H]1CC. The van der Waals surface area contributed by atoms with Crippen LogP contribution in [0.25, 0.3) is 0 Å². The van der Waals surface area contributed by atoms with E-state index in [9.17, 15) is 19.2 Å². The zero-order valence-electron chi connectivity index (χ0n) is 41.7. The van der Waals surface area contributed by atoms with Gasteiger partial charge in [-0.05, 0) is 51.4 Å². The predicted octanol–water partition coefficient (Wildman–Crippen LogP) is 16.6. The van der Waals surface area contributed by atoms with Crippen LogP contribution in [0.1, 0.15) is 273 Å². The van der Waals surface area contributed by atoms with Gasteiger partial charge in [0.1, 0.15) is 13.2 Å². The first-order chi connectivity index (χ1) is 30.3. The van der Waals surface area contributed by atoms with E-state index in [1.165, 1.54) is 177 Å². The quantitative estimate of drug-likeness (QED) is 0.0451. The highest BCUT2D eigenvalue weighted by Gasteiger charge is 2.40. The van der Waals surface area contributed by atoms with Crippen molar-refractivity contribution in [3.8, 4) is 0 Å². The van der Waals surface area contributed by atoms with Crippen LogP contribution in [0, 0.1) is 11.8 Å². The number of allylic oxidation sites excluding steroid dienone is 2. The number of cyclic esters (lactones) is 2. The summed E-state index contributed by atoms with van der Waals surface area (Å²) in [4.78, 5) is 53.5. The lowest BCUT2D eigenvalue weighted by atomic mass is 9.92. The molecular formula is C54H100N2O6. The molecule has 0 aromatic heterocycles. The maximum atomic E-state index is 13.2. The number of ether oxygens (including phenoxy) is 2. The van der Waals surface area contributed by atoms with Crippen molar-refractivity contribution in [3.63, 3.8) is 0 Å². The zero-order chi connectivity index (χ0) is 45.5. The number of carbonyl (C=O) groups excluding carboxylic acids is 4. The molecule has 2 heterocycles. The monoisotopic (exact) mass is 873 g/mol. The molecule has 0 aromatic carbocycles. The average molecular weight is 873 g/mol. The highest BCUT2D eigenvalue weighted by molar-refractivity contribution is 5.95. The number of imide groups is 2. The number of carbonyl (C=O) groups is 4. The maximum absolute atomic E-state index is 13.2. The average Bonchev–Trinajstić information content (AvgIpc) is 3.86. The highest BCUT2D eigenvalue weighted by Crippen LogP contribution is 2.27. The Hall–Kier alpha value is -2.38. The summed E-state index contributed by atoms with van der Waals surface area (Å²) in [6, 6.07) is -0.163. The Balaban J connectivity index is 0.000000620. The van der Waals surface area contributed by atoms with E-state index in [0.717, 1.165) is 64.2 Å². The van der Waals surface area contributed by atoms with Gasteiger partial charge in [-0.25, -0.2) is 19.4 Å². The molecule has 2 aliphatic heterocycles. The molecule has 2 aliphatic rings. The number of hydrogen-bond acceptors (Lipinski definition) is 6. The molecule has 62 heavy (non-hydrogen) atoms. The van der Waals surface area contributed by atoms with Gasteiger partial charge in [0, 0.05) is 11.8 Å². The molecule has 0 saturated carbocycles. The first-order valence-electron chi connectivity index (χ1n) is 26.9. The maximum Gasteiger partial charge on any atom is 0.416 e. The van der Waals surface area contributed by atoms with Gasteiger partial charge in [-0.15, -0.1) is 0 Å². The van der Waals surface area contributed by atoms with Crippen LogP contribution >= 0.6 is 0 Å². The lowest BCUT2D eigenvalue weighted by molar-refractivity contribution is -0.134. The van der Waals surface area contributed by atoms with Gasteiger partial charge in [0.15, 0.2) is 0 Å². The summed E-state index contributed by atoms with van der Waals surface area (Å²) in [5.41, 5.74) is 0. The molecule has 0 bridgehead atoms. The van der Waals surface area contributed by atoms with Crippen LogP contribution in [0.4, 0.5) is 9.59 Å². The number of amides is 4. The molecule has 8 nitrogen and oxygen atoms in total. The van der Waals surface area contributed by atoms with Gasteiger partial charge in [-0.2, -0.15) is 0 Å². The zero-order valence-corrected chi connectivity index (χ0v) is 41.7. The van der Waals surface area contributed by atoms with Crippen molar-refractivity contribution in [2.75, 3.05) is 13.2 Å². The molecule has 0 aliphatic carbocycles. The smallest absolute Gasteiger partial charge is 0.416 e. The molecule has 4 amide bonds. The Labute approximate surface area is 383 Å². The first-order valence-corrected chi connectivity index (χ1v) is 26.9. The van der Waals surface area contributed by atoms with E-state index in [2.05, 4.69) is 39.8 Å². The lowest BCUT2D eigenvalue weighted by Gasteiger charge is -2.24. The largest absolute Gasteiger partial charge is 0.447 e. The van der Waals surface area contributed by atoms with Gasteiger partial charge in [0.05, 0.1) is 12.1 Å². The van der Waals surface area contributed by atoms with Crippen molar-refractivity contribution in [2.24, 2.45) is 11.8 Å². The van der Waals surface area contributed by atoms with Gasteiger partial charge >= 0.3 is 12.2 Å². The van der Waals surface area contributed by atoms with Crippen molar-refractivity contribution in [1.82, 2.24) is 9.80 Å². The molecule has 2 rings (SSSR count). The van der Waals surface area contributed by atoms with Crippen molar-refractivity contribution in [2.45, 2.75) is 285 Å². The van der Waals surface area contributed by atoms with Crippen LogP contribution in [0.15, 0.2) is 12.2 Å². The minimum Gasteiger partial charge on any atom is -0.447 e. The second-order valence-electron chi connectivity index (χ2n) is 18.8. The fraction of sp³-hybridized carbons (Fsp3) is 0.889. The van der Waals surface area contributed by atoms with E-state index in [1.807, 2.05) is 13.8 Å². The molecule has 0 aromatic rings. The Morgan fingerprint density at radius 3 is 1.11 bits per heavy atom. The van der Waals surface area contributed by atoms with E-state index in [4.69, 9.17) is 9.47 Å². The van der Waals surface area contributed by atoms with Crippen molar-refractivity contribution in [3.05, 3.63) is 12.2 Å². The van der Waals surface area contributed by atoms with Crippen LogP contribution in [0.3, 0.4) is 0 Å². The molecule has 2 fully saturated rings. The number of nitrogens with zero attached hydrogens (tertiary/aromatic N) is 2. The van der Waals surface area contributed by atoms with E-state index in [-0.39, 0.29) is 35.7 Å². The van der Waals surface area contributed by atoms with E-state index in [0.29, 0.717) is 13.2 Å². The summed E-state index contributed by atoms with van der Waals surface area (Å²) in [6.45, 7) is 13.7. The predicted molar refractivity (Wildman–Crippen MR) is 260 cm³/mol. The Morgan fingerprint density at radius 2 is 0.758 bits per heavy atom. The summed E-state index contributed by atoms with van der Waals surface area (Å²) in [7, 11) is 0. The minimum absolute atomic E-state index is 0.0140. The van der Waals surface area contributed by atoms with Crippen LogP contribution in [-0.4, -0.2) is 59.1 Å². The normalized spacial score (nSPS) is 17.3. The fourth-order valence-corrected chi connectivity index (χ4v) is 9.01. The summed E-state index contributed by atoms with van der Waals surface area (Å²) < 4.78 is 10.3. The van der Waals surface area contributed by atoms with Crippen LogP contribution in [0.5, 0.6) is 0 Å². The van der Waals surface area contributed by atoms with Crippen molar-refractivity contribution >= 4 is 24.0 Å². The molecule has 4 atom stereocenters. The first kappa shape index (κ1) is 57.6. The molecule has 0 N–H and O–H groups in total. The number of rotatable bonds is 39. The van der Waals surface area contributed by atoms with Crippen molar-refractivity contribution in [1.29, 1.82) is 0 Å². The fourth-order valence-electron chi connectivity index (χ4n) is 9.01. The lowest BCUT2D eigenvalue weighted by Crippen LogP contribution is -2.42. The second-order valence-corrected chi connectivity index (χ2v) is 18.8. The van der Waals surface area contributed by atoms with E-state index in [1.54, 1.807) is 0 Å². The summed E-state index contributed by atoms with van der Waals surface area (Å²) in [6.07, 6.45) is 46.8. The van der Waals surface area contributed by atoms with Gasteiger partial charge in [0.25, 0.3) is 0 Å². The highest BCUT2D eigenvalue weighted by atomic mass is 16.6. The van der Waals surface area contributed by atoms with Gasteiger partial charge in [-0.3, -0.25) is 9.59 Å². The van der Waals surface area contributed by atoms with Gasteiger partial charge < -0.3 is 9.47 Å². The second kappa shape index (κ2) is 40.2. The molecule has 362 valence electrons. The Kier molecular flexibility index (Phi) is 37.3. The number of unbranched alkanes of at least 4 members (excludes halogenated alkanes) is 26. The minimum atomic E-state index is -0.448. The summed E-state index contributed by atoms with van der Waals surface area (Å²) in [5, 5.41) is 0. The standard InChI is InChI=1S/C27H51NO3.C27H49NO3/c2*1-4-7-9-11-12-13-14-15-16-18-20-22-24(21-19-17-10-8-5-2)26(29)28-25(6-3)23-31-27(28)30/h24-25H,4-23H2,1-3H3;18,20,24-25H,4-17,19,21-23H2,1-3H3/b;20-18+/t2*24-,25+/m11/s1. The molecule has 8 heteroatoms. The molecule has 0 spiro atoms. The third kappa shape index (κ3) is 26.4. The van der Waals surface area contributed by atoms with Gasteiger partial charge in [0.2, 0.25) is 11.8 Å². The van der Waals surface area contributed by atoms with E-state index < -0.39 is 12.2 Å². The Bertz CT molecular complexity index is 1140. The molecule has 0 unspecified atom stereocenters.